The number of anilines is 2. The van der Waals surface area contributed by atoms with Crippen molar-refractivity contribution >= 4 is 17.7 Å². The van der Waals surface area contributed by atoms with Crippen molar-refractivity contribution in [2.45, 2.75) is 32.7 Å². The molecule has 0 spiro atoms. The molecule has 0 fully saturated rings. The van der Waals surface area contributed by atoms with Gasteiger partial charge in [0.05, 0.1) is 17.8 Å². The molecule has 0 aliphatic carbocycles. The molecular formula is C19H25N5O2. The number of aromatic nitrogens is 2. The van der Waals surface area contributed by atoms with E-state index in [1.165, 1.54) is 10.1 Å². The standard InChI is InChI=1S/C19H25N5O2/c1-12(2)13-5-7-14(8-6-13)21-19(26)24-10-9-16-15(11-24)17(25)23(4)18(20-3)22-16/h5-8,12H,9-11H2,1-4H3,(H,20,22)(H,21,26). The molecule has 7 nitrogen and oxygen atoms in total. The largest absolute Gasteiger partial charge is 0.359 e. The van der Waals surface area contributed by atoms with Crippen LogP contribution in [0.1, 0.15) is 36.6 Å². The van der Waals surface area contributed by atoms with E-state index in [0.717, 1.165) is 11.4 Å². The molecule has 2 heterocycles. The van der Waals surface area contributed by atoms with Gasteiger partial charge in [0.25, 0.3) is 5.56 Å². The first-order valence-corrected chi connectivity index (χ1v) is 8.83. The zero-order valence-electron chi connectivity index (χ0n) is 15.7. The number of carbonyl (C=O) groups is 1. The number of amides is 2. The Hall–Kier alpha value is -2.83. The third kappa shape index (κ3) is 3.42. The smallest absolute Gasteiger partial charge is 0.322 e. The summed E-state index contributed by atoms with van der Waals surface area (Å²) >= 11 is 0. The second kappa shape index (κ2) is 7.19. The number of hydrogen-bond acceptors (Lipinski definition) is 4. The van der Waals surface area contributed by atoms with Crippen LogP contribution in [0.5, 0.6) is 0 Å². The molecule has 1 aliphatic heterocycles. The lowest BCUT2D eigenvalue weighted by atomic mass is 10.0. The van der Waals surface area contributed by atoms with E-state index >= 15 is 0 Å². The fourth-order valence-corrected chi connectivity index (χ4v) is 3.12. The summed E-state index contributed by atoms with van der Waals surface area (Å²) in [6.45, 7) is 5.07. The van der Waals surface area contributed by atoms with Crippen LogP contribution in [0.25, 0.3) is 0 Å². The number of carbonyl (C=O) groups excluding carboxylic acids is 1. The van der Waals surface area contributed by atoms with E-state index in [2.05, 4.69) is 29.5 Å². The monoisotopic (exact) mass is 355 g/mol. The van der Waals surface area contributed by atoms with Crippen LogP contribution in [-0.4, -0.2) is 34.1 Å². The third-order valence-electron chi connectivity index (χ3n) is 4.78. The summed E-state index contributed by atoms with van der Waals surface area (Å²) < 4.78 is 1.48. The molecular weight excluding hydrogens is 330 g/mol. The fraction of sp³-hybridized carbons (Fsp3) is 0.421. The normalized spacial score (nSPS) is 13.5. The van der Waals surface area contributed by atoms with Gasteiger partial charge in [-0.05, 0) is 23.6 Å². The summed E-state index contributed by atoms with van der Waals surface area (Å²) in [5, 5.41) is 5.83. The topological polar surface area (TPSA) is 79.3 Å². The van der Waals surface area contributed by atoms with Crippen molar-refractivity contribution in [3.8, 4) is 0 Å². The Morgan fingerprint density at radius 2 is 1.92 bits per heavy atom. The van der Waals surface area contributed by atoms with Gasteiger partial charge in [0, 0.05) is 32.7 Å². The first-order valence-electron chi connectivity index (χ1n) is 8.83. The number of rotatable bonds is 3. The van der Waals surface area contributed by atoms with E-state index in [1.54, 1.807) is 19.0 Å². The van der Waals surface area contributed by atoms with Crippen molar-refractivity contribution in [1.82, 2.24) is 14.5 Å². The lowest BCUT2D eigenvalue weighted by molar-refractivity contribution is 0.205. The first-order chi connectivity index (χ1) is 12.4. The van der Waals surface area contributed by atoms with Crippen molar-refractivity contribution < 1.29 is 4.79 Å². The maximum atomic E-state index is 12.6. The average molecular weight is 355 g/mol. The number of hydrogen-bond donors (Lipinski definition) is 2. The van der Waals surface area contributed by atoms with Crippen molar-refractivity contribution in [1.29, 1.82) is 0 Å². The van der Waals surface area contributed by atoms with Gasteiger partial charge < -0.3 is 15.5 Å². The van der Waals surface area contributed by atoms with E-state index in [-0.39, 0.29) is 18.1 Å². The molecule has 0 radical (unpaired) electrons. The highest BCUT2D eigenvalue weighted by Crippen LogP contribution is 2.19. The number of fused-ring (bicyclic) bond motifs is 1. The van der Waals surface area contributed by atoms with Gasteiger partial charge in [-0.3, -0.25) is 9.36 Å². The van der Waals surface area contributed by atoms with Gasteiger partial charge in [-0.1, -0.05) is 26.0 Å². The van der Waals surface area contributed by atoms with Gasteiger partial charge >= 0.3 is 6.03 Å². The molecule has 1 aromatic heterocycles. The lowest BCUT2D eigenvalue weighted by Crippen LogP contribution is -2.42. The molecule has 0 saturated carbocycles. The molecule has 138 valence electrons. The van der Waals surface area contributed by atoms with Crippen LogP contribution < -0.4 is 16.2 Å². The van der Waals surface area contributed by atoms with E-state index < -0.39 is 0 Å². The SMILES string of the molecule is CNc1nc2c(c(=O)n1C)CN(C(=O)Nc1ccc(C(C)C)cc1)CC2. The Morgan fingerprint density at radius 1 is 1.23 bits per heavy atom. The summed E-state index contributed by atoms with van der Waals surface area (Å²) in [4.78, 5) is 31.3. The Morgan fingerprint density at radius 3 is 2.54 bits per heavy atom. The quantitative estimate of drug-likeness (QED) is 0.887. The maximum Gasteiger partial charge on any atom is 0.322 e. The Labute approximate surface area is 153 Å². The van der Waals surface area contributed by atoms with E-state index in [1.807, 2.05) is 24.3 Å². The maximum absolute atomic E-state index is 12.6. The Bertz CT molecular complexity index is 871. The van der Waals surface area contributed by atoms with E-state index in [9.17, 15) is 9.59 Å². The fourth-order valence-electron chi connectivity index (χ4n) is 3.12. The summed E-state index contributed by atoms with van der Waals surface area (Å²) in [6, 6.07) is 7.65. The van der Waals surface area contributed by atoms with Crippen molar-refractivity contribution in [3.05, 3.63) is 51.4 Å². The molecule has 3 rings (SSSR count). The van der Waals surface area contributed by atoms with Crippen molar-refractivity contribution in [2.24, 2.45) is 7.05 Å². The van der Waals surface area contributed by atoms with Crippen LogP contribution in [0.15, 0.2) is 29.1 Å². The van der Waals surface area contributed by atoms with Crippen LogP contribution in [0.3, 0.4) is 0 Å². The van der Waals surface area contributed by atoms with Gasteiger partial charge in [0.15, 0.2) is 0 Å². The van der Waals surface area contributed by atoms with Gasteiger partial charge in [0.2, 0.25) is 5.95 Å². The van der Waals surface area contributed by atoms with Crippen LogP contribution in [-0.2, 0) is 20.0 Å². The molecule has 2 aromatic rings. The molecule has 0 saturated heterocycles. The van der Waals surface area contributed by atoms with Gasteiger partial charge in [0.1, 0.15) is 0 Å². The van der Waals surface area contributed by atoms with E-state index in [0.29, 0.717) is 30.4 Å². The third-order valence-corrected chi connectivity index (χ3v) is 4.78. The highest BCUT2D eigenvalue weighted by Gasteiger charge is 2.25. The first kappa shape index (κ1) is 18.0. The zero-order chi connectivity index (χ0) is 18.8. The molecule has 1 aromatic carbocycles. The minimum Gasteiger partial charge on any atom is -0.359 e. The lowest BCUT2D eigenvalue weighted by Gasteiger charge is -2.28. The zero-order valence-corrected chi connectivity index (χ0v) is 15.7. The summed E-state index contributed by atoms with van der Waals surface area (Å²) in [5.74, 6) is 0.987. The number of nitrogens with zero attached hydrogens (tertiary/aromatic N) is 3. The number of benzene rings is 1. The molecule has 1 aliphatic rings. The number of urea groups is 1. The predicted octanol–water partition coefficient (Wildman–Crippen LogP) is 2.54. The molecule has 2 N–H and O–H groups in total. The minimum absolute atomic E-state index is 0.113. The summed E-state index contributed by atoms with van der Waals surface area (Å²) in [5.41, 5.74) is 3.22. The highest BCUT2D eigenvalue weighted by molar-refractivity contribution is 5.89. The van der Waals surface area contributed by atoms with Crippen molar-refractivity contribution in [3.63, 3.8) is 0 Å². The Kier molecular flexibility index (Phi) is 4.97. The van der Waals surface area contributed by atoms with Gasteiger partial charge in [-0.15, -0.1) is 0 Å². The predicted molar refractivity (Wildman–Crippen MR) is 103 cm³/mol. The van der Waals surface area contributed by atoms with Gasteiger partial charge in [-0.2, -0.15) is 0 Å². The van der Waals surface area contributed by atoms with Crippen molar-refractivity contribution in [2.75, 3.05) is 24.2 Å². The average Bonchev–Trinajstić information content (AvgIpc) is 2.64. The minimum atomic E-state index is -0.201. The second-order valence-corrected chi connectivity index (χ2v) is 6.85. The summed E-state index contributed by atoms with van der Waals surface area (Å²) in [6.07, 6.45) is 0.569. The van der Waals surface area contributed by atoms with Crippen LogP contribution in [0.2, 0.25) is 0 Å². The number of nitrogens with one attached hydrogen (secondary N) is 2. The molecule has 2 amide bonds. The van der Waals surface area contributed by atoms with E-state index in [4.69, 9.17) is 0 Å². The second-order valence-electron chi connectivity index (χ2n) is 6.85. The Balaban J connectivity index is 1.75. The van der Waals surface area contributed by atoms with Crippen LogP contribution in [0, 0.1) is 0 Å². The molecule has 26 heavy (non-hydrogen) atoms. The van der Waals surface area contributed by atoms with Crippen LogP contribution in [0.4, 0.5) is 16.4 Å². The highest BCUT2D eigenvalue weighted by atomic mass is 16.2. The molecule has 7 heteroatoms. The molecule has 0 unspecified atom stereocenters. The van der Waals surface area contributed by atoms with Crippen LogP contribution >= 0.6 is 0 Å². The molecule has 0 atom stereocenters. The molecule has 0 bridgehead atoms. The van der Waals surface area contributed by atoms with Gasteiger partial charge in [-0.25, -0.2) is 9.78 Å². The summed E-state index contributed by atoms with van der Waals surface area (Å²) in [7, 11) is 3.41.